The molecule has 2 rings (SSSR count). The Balaban J connectivity index is 0.00000288. The molecule has 0 saturated carbocycles. The van der Waals surface area contributed by atoms with Gasteiger partial charge >= 0.3 is 0 Å². The van der Waals surface area contributed by atoms with Crippen LogP contribution in [0.5, 0.6) is 5.75 Å². The van der Waals surface area contributed by atoms with E-state index in [1.54, 1.807) is 13.4 Å². The molecule has 24 heavy (non-hydrogen) atoms. The van der Waals surface area contributed by atoms with Crippen LogP contribution in [0.2, 0.25) is 0 Å². The number of hydrogen-bond donors (Lipinski definition) is 2. The molecule has 0 fully saturated rings. The largest absolute Gasteiger partial charge is 0.494 e. The second-order valence-corrected chi connectivity index (χ2v) is 4.85. The summed E-state index contributed by atoms with van der Waals surface area (Å²) >= 11 is 0. The first-order valence-electron chi connectivity index (χ1n) is 7.80. The first-order chi connectivity index (χ1) is 11.3. The number of aromatic nitrogens is 3. The molecule has 1 aromatic carbocycles. The van der Waals surface area contributed by atoms with Crippen LogP contribution < -0.4 is 15.4 Å². The van der Waals surface area contributed by atoms with Crippen molar-refractivity contribution in [3.63, 3.8) is 0 Å². The number of aliphatic imine (C=N–C) groups is 1. The number of nitrogens with one attached hydrogen (secondary N) is 2. The lowest BCUT2D eigenvalue weighted by atomic mass is 10.2. The van der Waals surface area contributed by atoms with Gasteiger partial charge in [-0.15, -0.1) is 34.2 Å². The number of rotatable bonds is 7. The molecule has 7 nitrogen and oxygen atoms in total. The van der Waals surface area contributed by atoms with Gasteiger partial charge in [0.2, 0.25) is 0 Å². The maximum Gasteiger partial charge on any atom is 0.191 e. The smallest absolute Gasteiger partial charge is 0.191 e. The number of benzene rings is 1. The van der Waals surface area contributed by atoms with E-state index in [0.717, 1.165) is 23.7 Å². The minimum Gasteiger partial charge on any atom is -0.494 e. The highest BCUT2D eigenvalue weighted by molar-refractivity contribution is 14.0. The Morgan fingerprint density at radius 1 is 1.21 bits per heavy atom. The van der Waals surface area contributed by atoms with Gasteiger partial charge in [0.25, 0.3) is 0 Å². The lowest BCUT2D eigenvalue weighted by molar-refractivity contribution is 0.336. The van der Waals surface area contributed by atoms with Gasteiger partial charge in [-0.05, 0) is 19.9 Å². The van der Waals surface area contributed by atoms with E-state index in [9.17, 15) is 0 Å². The van der Waals surface area contributed by atoms with Crippen molar-refractivity contribution in [1.29, 1.82) is 0 Å². The van der Waals surface area contributed by atoms with E-state index in [4.69, 9.17) is 4.74 Å². The van der Waals surface area contributed by atoms with Crippen molar-refractivity contribution in [3.8, 4) is 5.75 Å². The minimum atomic E-state index is 0. The zero-order valence-electron chi connectivity index (χ0n) is 14.3. The number of ether oxygens (including phenoxy) is 1. The molecule has 0 saturated heterocycles. The summed E-state index contributed by atoms with van der Waals surface area (Å²) in [7, 11) is 1.74. The molecule has 0 aliphatic carbocycles. The standard InChI is InChI=1S/C16H24N6O.HI/c1-4-22-12-20-21-15(22)11-19-16(17-3)18-10-13-8-6-7-9-14(13)23-5-2;/h6-9,12H,4-5,10-11H2,1-3H3,(H2,17,18,19);1H. The van der Waals surface area contributed by atoms with Crippen molar-refractivity contribution in [1.82, 2.24) is 25.4 Å². The highest BCUT2D eigenvalue weighted by Gasteiger charge is 2.06. The molecular formula is C16H25IN6O. The molecule has 8 heteroatoms. The van der Waals surface area contributed by atoms with Gasteiger partial charge < -0.3 is 19.9 Å². The number of guanidine groups is 1. The fourth-order valence-electron chi connectivity index (χ4n) is 2.19. The maximum atomic E-state index is 5.63. The highest BCUT2D eigenvalue weighted by Crippen LogP contribution is 2.17. The first kappa shape index (κ1) is 20.2. The van der Waals surface area contributed by atoms with Crippen LogP contribution >= 0.6 is 24.0 Å². The summed E-state index contributed by atoms with van der Waals surface area (Å²) in [6.45, 7) is 6.74. The fourth-order valence-corrected chi connectivity index (χ4v) is 2.19. The minimum absolute atomic E-state index is 0. The van der Waals surface area contributed by atoms with Crippen LogP contribution in [0.1, 0.15) is 25.2 Å². The monoisotopic (exact) mass is 444 g/mol. The van der Waals surface area contributed by atoms with E-state index in [0.29, 0.717) is 25.7 Å². The van der Waals surface area contributed by atoms with Crippen molar-refractivity contribution >= 4 is 29.9 Å². The molecule has 2 aromatic rings. The number of para-hydroxylation sites is 1. The number of aryl methyl sites for hydroxylation is 1. The Bertz CT molecular complexity index is 643. The second kappa shape index (κ2) is 10.8. The summed E-state index contributed by atoms with van der Waals surface area (Å²) in [4.78, 5) is 4.23. The molecule has 0 radical (unpaired) electrons. The Morgan fingerprint density at radius 3 is 2.67 bits per heavy atom. The molecule has 1 heterocycles. The highest BCUT2D eigenvalue weighted by atomic mass is 127. The molecule has 2 N–H and O–H groups in total. The summed E-state index contributed by atoms with van der Waals surface area (Å²) in [5.74, 6) is 2.48. The molecule has 0 aliphatic rings. The van der Waals surface area contributed by atoms with Gasteiger partial charge in [0.05, 0.1) is 13.2 Å². The zero-order valence-corrected chi connectivity index (χ0v) is 16.7. The van der Waals surface area contributed by atoms with Crippen LogP contribution in [0.25, 0.3) is 0 Å². The van der Waals surface area contributed by atoms with Crippen LogP contribution in [-0.2, 0) is 19.6 Å². The van der Waals surface area contributed by atoms with E-state index in [1.165, 1.54) is 0 Å². The molecule has 1 aromatic heterocycles. The van der Waals surface area contributed by atoms with Gasteiger partial charge in [-0.25, -0.2) is 0 Å². The molecule has 0 aliphatic heterocycles. The third kappa shape index (κ3) is 5.66. The van der Waals surface area contributed by atoms with Gasteiger partial charge in [-0.3, -0.25) is 4.99 Å². The van der Waals surface area contributed by atoms with Gasteiger partial charge in [0, 0.05) is 25.7 Å². The maximum absolute atomic E-state index is 5.63. The molecule has 0 bridgehead atoms. The summed E-state index contributed by atoms with van der Waals surface area (Å²) in [6, 6.07) is 7.98. The topological polar surface area (TPSA) is 76.4 Å². The third-order valence-corrected chi connectivity index (χ3v) is 3.39. The number of hydrogen-bond acceptors (Lipinski definition) is 4. The lowest BCUT2D eigenvalue weighted by Crippen LogP contribution is -2.37. The predicted octanol–water partition coefficient (Wildman–Crippen LogP) is 2.18. The van der Waals surface area contributed by atoms with Crippen molar-refractivity contribution in [2.24, 2.45) is 4.99 Å². The number of nitrogens with zero attached hydrogens (tertiary/aromatic N) is 4. The SMILES string of the molecule is CCOc1ccccc1CNC(=NC)NCc1nncn1CC.I. The Hall–Kier alpha value is -1.84. The van der Waals surface area contributed by atoms with Crippen LogP contribution in [0.4, 0.5) is 0 Å². The molecule has 132 valence electrons. The fraction of sp³-hybridized carbons (Fsp3) is 0.438. The van der Waals surface area contributed by atoms with Crippen LogP contribution in [0, 0.1) is 0 Å². The lowest BCUT2D eigenvalue weighted by Gasteiger charge is -2.14. The summed E-state index contributed by atoms with van der Waals surface area (Å²) in [5.41, 5.74) is 1.09. The summed E-state index contributed by atoms with van der Waals surface area (Å²) in [6.07, 6.45) is 1.73. The average Bonchev–Trinajstić information content (AvgIpc) is 3.04. The van der Waals surface area contributed by atoms with Crippen molar-refractivity contribution in [3.05, 3.63) is 42.0 Å². The molecule has 0 atom stereocenters. The van der Waals surface area contributed by atoms with Crippen molar-refractivity contribution < 1.29 is 4.74 Å². The first-order valence-corrected chi connectivity index (χ1v) is 7.80. The normalized spacial score (nSPS) is 10.9. The quantitative estimate of drug-likeness (QED) is 0.389. The van der Waals surface area contributed by atoms with Crippen molar-refractivity contribution in [2.45, 2.75) is 33.5 Å². The Kier molecular flexibility index (Phi) is 9.13. The zero-order chi connectivity index (χ0) is 16.5. The average molecular weight is 444 g/mol. The van der Waals surface area contributed by atoms with E-state index >= 15 is 0 Å². The van der Waals surface area contributed by atoms with Crippen molar-refractivity contribution in [2.75, 3.05) is 13.7 Å². The van der Waals surface area contributed by atoms with Gasteiger partial charge in [-0.2, -0.15) is 0 Å². The predicted molar refractivity (Wildman–Crippen MR) is 106 cm³/mol. The Morgan fingerprint density at radius 2 is 1.96 bits per heavy atom. The molecule has 0 unspecified atom stereocenters. The summed E-state index contributed by atoms with van der Waals surface area (Å²) < 4.78 is 7.62. The Labute approximate surface area is 159 Å². The van der Waals surface area contributed by atoms with Gasteiger partial charge in [-0.1, -0.05) is 18.2 Å². The second-order valence-electron chi connectivity index (χ2n) is 4.85. The van der Waals surface area contributed by atoms with Gasteiger partial charge in [0.1, 0.15) is 12.1 Å². The number of halogens is 1. The molecule has 0 amide bonds. The van der Waals surface area contributed by atoms with Crippen LogP contribution in [-0.4, -0.2) is 34.4 Å². The van der Waals surface area contributed by atoms with Gasteiger partial charge in [0.15, 0.2) is 11.8 Å². The van der Waals surface area contributed by atoms with E-state index in [2.05, 4.69) is 32.7 Å². The van der Waals surface area contributed by atoms with E-state index in [1.807, 2.05) is 35.8 Å². The summed E-state index contributed by atoms with van der Waals surface area (Å²) in [5, 5.41) is 14.5. The van der Waals surface area contributed by atoms with E-state index < -0.39 is 0 Å². The third-order valence-electron chi connectivity index (χ3n) is 3.39. The molecule has 0 spiro atoms. The van der Waals surface area contributed by atoms with E-state index in [-0.39, 0.29) is 24.0 Å². The van der Waals surface area contributed by atoms with Crippen LogP contribution in [0.3, 0.4) is 0 Å². The van der Waals surface area contributed by atoms with Crippen LogP contribution in [0.15, 0.2) is 35.6 Å². The molecular weight excluding hydrogens is 419 g/mol.